The zero-order valence-electron chi connectivity index (χ0n) is 13.3. The molecule has 0 saturated heterocycles. The molecule has 0 aromatic heterocycles. The Morgan fingerprint density at radius 2 is 2.10 bits per heavy atom. The molecule has 1 aromatic carbocycles. The second kappa shape index (κ2) is 8.18. The van der Waals surface area contributed by atoms with Gasteiger partial charge >= 0.3 is 0 Å². The summed E-state index contributed by atoms with van der Waals surface area (Å²) in [6, 6.07) is 8.41. The quantitative estimate of drug-likeness (QED) is 0.736. The van der Waals surface area contributed by atoms with Crippen LogP contribution in [0.1, 0.15) is 64.0 Å². The molecule has 116 valence electrons. The molecule has 0 radical (unpaired) electrons. The first-order valence-corrected chi connectivity index (χ1v) is 8.26. The molecule has 1 amide bonds. The van der Waals surface area contributed by atoms with E-state index in [2.05, 4.69) is 29.7 Å². The first kappa shape index (κ1) is 16.0. The molecule has 1 fully saturated rings. The van der Waals surface area contributed by atoms with E-state index in [1.54, 1.807) is 0 Å². The average molecular weight is 288 g/mol. The molecule has 1 aliphatic carbocycles. The number of carbonyl (C=O) groups excluding carboxylic acids is 1. The van der Waals surface area contributed by atoms with Crippen LogP contribution >= 0.6 is 0 Å². The van der Waals surface area contributed by atoms with Crippen molar-refractivity contribution in [3.8, 4) is 0 Å². The Kier molecular flexibility index (Phi) is 6.24. The van der Waals surface area contributed by atoms with Crippen LogP contribution in [0.4, 0.5) is 5.69 Å². The van der Waals surface area contributed by atoms with Gasteiger partial charge in [-0.3, -0.25) is 4.79 Å². The molecule has 1 atom stereocenters. The minimum absolute atomic E-state index is 0.0238. The molecule has 3 heteroatoms. The van der Waals surface area contributed by atoms with Crippen LogP contribution < -0.4 is 10.6 Å². The zero-order chi connectivity index (χ0) is 15.1. The Morgan fingerprint density at radius 1 is 1.33 bits per heavy atom. The van der Waals surface area contributed by atoms with Crippen molar-refractivity contribution in [1.82, 2.24) is 5.32 Å². The van der Waals surface area contributed by atoms with Crippen LogP contribution in [0.3, 0.4) is 0 Å². The van der Waals surface area contributed by atoms with Gasteiger partial charge in [0.05, 0.1) is 0 Å². The van der Waals surface area contributed by atoms with E-state index in [0.29, 0.717) is 6.04 Å². The fourth-order valence-corrected chi connectivity index (χ4v) is 3.22. The van der Waals surface area contributed by atoms with Gasteiger partial charge in [0.2, 0.25) is 5.91 Å². The number of rotatable bonds is 7. The summed E-state index contributed by atoms with van der Waals surface area (Å²) in [4.78, 5) is 11.1. The summed E-state index contributed by atoms with van der Waals surface area (Å²) in [6.45, 7) is 4.79. The Hall–Kier alpha value is -1.35. The topological polar surface area (TPSA) is 41.1 Å². The molecule has 0 heterocycles. The molecular formula is C18H28N2O. The van der Waals surface area contributed by atoms with E-state index >= 15 is 0 Å². The fourth-order valence-electron chi connectivity index (χ4n) is 3.22. The summed E-state index contributed by atoms with van der Waals surface area (Å²) in [7, 11) is 0. The molecule has 1 aromatic rings. The van der Waals surface area contributed by atoms with Crippen LogP contribution in [0.15, 0.2) is 24.3 Å². The van der Waals surface area contributed by atoms with Crippen molar-refractivity contribution in [1.29, 1.82) is 0 Å². The molecular weight excluding hydrogens is 260 g/mol. The molecule has 0 bridgehead atoms. The van der Waals surface area contributed by atoms with E-state index < -0.39 is 0 Å². The van der Waals surface area contributed by atoms with Crippen LogP contribution in [0.2, 0.25) is 0 Å². The highest BCUT2D eigenvalue weighted by Gasteiger charge is 2.14. The lowest BCUT2D eigenvalue weighted by molar-refractivity contribution is -0.114. The maximum Gasteiger partial charge on any atom is 0.221 e. The van der Waals surface area contributed by atoms with Gasteiger partial charge < -0.3 is 10.6 Å². The average Bonchev–Trinajstić information content (AvgIpc) is 2.96. The first-order valence-electron chi connectivity index (χ1n) is 8.26. The third-order valence-corrected chi connectivity index (χ3v) is 4.42. The predicted molar refractivity (Wildman–Crippen MR) is 88.4 cm³/mol. The third kappa shape index (κ3) is 5.50. The molecule has 2 rings (SSSR count). The van der Waals surface area contributed by atoms with Gasteiger partial charge in [-0.2, -0.15) is 0 Å². The molecule has 0 aliphatic heterocycles. The largest absolute Gasteiger partial charge is 0.326 e. The highest BCUT2D eigenvalue weighted by atomic mass is 16.1. The zero-order valence-corrected chi connectivity index (χ0v) is 13.3. The van der Waals surface area contributed by atoms with E-state index in [1.807, 2.05) is 12.1 Å². The first-order chi connectivity index (χ1) is 10.1. The Balaban J connectivity index is 1.74. The number of hydrogen-bond donors (Lipinski definition) is 2. The van der Waals surface area contributed by atoms with Crippen molar-refractivity contribution in [2.45, 2.75) is 58.4 Å². The van der Waals surface area contributed by atoms with Crippen molar-refractivity contribution in [2.75, 3.05) is 11.9 Å². The maximum absolute atomic E-state index is 11.1. The summed E-state index contributed by atoms with van der Waals surface area (Å²) >= 11 is 0. The lowest BCUT2D eigenvalue weighted by atomic mass is 10.0. The molecule has 0 spiro atoms. The van der Waals surface area contributed by atoms with Crippen LogP contribution in [-0.4, -0.2) is 12.5 Å². The van der Waals surface area contributed by atoms with E-state index in [9.17, 15) is 4.79 Å². The summed E-state index contributed by atoms with van der Waals surface area (Å²) in [5.41, 5.74) is 2.10. The predicted octanol–water partition coefficient (Wildman–Crippen LogP) is 4.27. The number of nitrogens with one attached hydrogen (secondary N) is 2. The number of hydrogen-bond acceptors (Lipinski definition) is 2. The smallest absolute Gasteiger partial charge is 0.221 e. The third-order valence-electron chi connectivity index (χ3n) is 4.42. The van der Waals surface area contributed by atoms with Crippen LogP contribution in [0.5, 0.6) is 0 Å². The van der Waals surface area contributed by atoms with Gasteiger partial charge in [0.1, 0.15) is 0 Å². The van der Waals surface area contributed by atoms with E-state index in [0.717, 1.165) is 18.2 Å². The Labute approximate surface area is 128 Å². The van der Waals surface area contributed by atoms with Crippen molar-refractivity contribution in [3.05, 3.63) is 29.8 Å². The van der Waals surface area contributed by atoms with E-state index in [4.69, 9.17) is 0 Å². The van der Waals surface area contributed by atoms with Gasteiger partial charge in [0, 0.05) is 18.7 Å². The maximum atomic E-state index is 11.1. The molecule has 1 saturated carbocycles. The highest BCUT2D eigenvalue weighted by molar-refractivity contribution is 5.88. The fraction of sp³-hybridized carbons (Fsp3) is 0.611. The monoisotopic (exact) mass is 288 g/mol. The summed E-state index contributed by atoms with van der Waals surface area (Å²) in [5, 5.41) is 6.43. The van der Waals surface area contributed by atoms with Crippen molar-refractivity contribution < 1.29 is 4.79 Å². The lowest BCUT2D eigenvalue weighted by Gasteiger charge is -2.16. The summed E-state index contributed by atoms with van der Waals surface area (Å²) in [5.74, 6) is 0.953. The lowest BCUT2D eigenvalue weighted by Crippen LogP contribution is -2.20. The van der Waals surface area contributed by atoms with Crippen molar-refractivity contribution in [3.63, 3.8) is 0 Å². The van der Waals surface area contributed by atoms with E-state index in [1.165, 1.54) is 51.0 Å². The highest BCUT2D eigenvalue weighted by Crippen LogP contribution is 2.28. The molecule has 21 heavy (non-hydrogen) atoms. The van der Waals surface area contributed by atoms with Crippen LogP contribution in [-0.2, 0) is 4.79 Å². The number of carbonyl (C=O) groups is 1. The van der Waals surface area contributed by atoms with E-state index in [-0.39, 0.29) is 5.91 Å². The number of benzene rings is 1. The minimum atomic E-state index is -0.0238. The summed E-state index contributed by atoms with van der Waals surface area (Å²) < 4.78 is 0. The van der Waals surface area contributed by atoms with Crippen molar-refractivity contribution in [2.24, 2.45) is 5.92 Å². The number of amides is 1. The SMILES string of the molecule is CC(=O)Nc1cccc(C(C)NCCCC2CCCC2)c1. The van der Waals surface area contributed by atoms with Gasteiger partial charge in [-0.15, -0.1) is 0 Å². The molecule has 3 nitrogen and oxygen atoms in total. The Morgan fingerprint density at radius 3 is 2.81 bits per heavy atom. The second-order valence-corrected chi connectivity index (χ2v) is 6.28. The van der Waals surface area contributed by atoms with Gasteiger partial charge in [0.25, 0.3) is 0 Å². The van der Waals surface area contributed by atoms with Crippen molar-refractivity contribution >= 4 is 11.6 Å². The normalized spacial score (nSPS) is 16.9. The van der Waals surface area contributed by atoms with Gasteiger partial charge in [-0.1, -0.05) is 37.8 Å². The van der Waals surface area contributed by atoms with Crippen LogP contribution in [0.25, 0.3) is 0 Å². The minimum Gasteiger partial charge on any atom is -0.326 e. The van der Waals surface area contributed by atoms with Gasteiger partial charge in [-0.05, 0) is 49.9 Å². The second-order valence-electron chi connectivity index (χ2n) is 6.28. The molecule has 2 N–H and O–H groups in total. The Bertz CT molecular complexity index is 452. The molecule has 1 unspecified atom stereocenters. The standard InChI is InChI=1S/C18H28N2O/c1-14(19-12-6-9-16-7-3-4-8-16)17-10-5-11-18(13-17)20-15(2)21/h5,10-11,13-14,16,19H,3-4,6-9,12H2,1-2H3,(H,20,21). The number of anilines is 1. The van der Waals surface area contributed by atoms with Gasteiger partial charge in [0.15, 0.2) is 0 Å². The molecule has 1 aliphatic rings. The van der Waals surface area contributed by atoms with Crippen LogP contribution in [0, 0.1) is 5.92 Å². The summed E-state index contributed by atoms with van der Waals surface area (Å²) in [6.07, 6.45) is 8.38. The van der Waals surface area contributed by atoms with Gasteiger partial charge in [-0.25, -0.2) is 0 Å².